The van der Waals surface area contributed by atoms with Crippen LogP contribution in [0.2, 0.25) is 0 Å². The van der Waals surface area contributed by atoms with E-state index in [0.717, 1.165) is 24.9 Å². The number of rotatable bonds is 3. The number of nitro benzene ring substituents is 1. The second-order valence-electron chi connectivity index (χ2n) is 4.97. The lowest BCUT2D eigenvalue weighted by atomic mass is 10.1. The summed E-state index contributed by atoms with van der Waals surface area (Å²) in [6.45, 7) is 4.30. The second kappa shape index (κ2) is 5.27. The van der Waals surface area contributed by atoms with Gasteiger partial charge in [0.15, 0.2) is 0 Å². The molecule has 1 aromatic rings. The largest absolute Gasteiger partial charge is 0.366 e. The van der Waals surface area contributed by atoms with Gasteiger partial charge in [0.05, 0.1) is 4.92 Å². The van der Waals surface area contributed by atoms with Crippen molar-refractivity contribution in [1.82, 2.24) is 0 Å². The molecule has 1 aliphatic rings. The van der Waals surface area contributed by atoms with Crippen LogP contribution in [0.1, 0.15) is 38.7 Å². The topological polar surface area (TPSA) is 70.2 Å². The summed E-state index contributed by atoms with van der Waals surface area (Å²) in [6, 6.07) is 7.63. The lowest BCUT2D eigenvalue weighted by Crippen LogP contribution is -2.34. The molecule has 0 aliphatic carbocycles. The van der Waals surface area contributed by atoms with Crippen LogP contribution in [0.4, 0.5) is 11.4 Å². The Balaban J connectivity index is 2.41. The van der Waals surface area contributed by atoms with Gasteiger partial charge in [-0.1, -0.05) is 6.92 Å². The zero-order chi connectivity index (χ0) is 14.0. The second-order valence-corrected chi connectivity index (χ2v) is 4.97. The third-order valence-electron chi connectivity index (χ3n) is 3.85. The number of anilines is 1. The minimum atomic E-state index is -0.507. The third-order valence-corrected chi connectivity index (χ3v) is 3.85. The smallest absolute Gasteiger partial charge is 0.287 e. The summed E-state index contributed by atoms with van der Waals surface area (Å²) in [5.41, 5.74) is 0.932. The molecule has 0 spiro atoms. The molecule has 5 nitrogen and oxygen atoms in total. The van der Waals surface area contributed by atoms with Gasteiger partial charge in [0, 0.05) is 23.8 Å². The standard InChI is InChI=1S/C14H17N3O2/c1-3-12-5-4-10(2)16(12)13-6-7-14(17(18)19)11(8-13)9-15/h6-8,10,12H,3-5H2,1-2H3. The molecule has 1 aromatic carbocycles. The fourth-order valence-electron chi connectivity index (χ4n) is 2.87. The van der Waals surface area contributed by atoms with E-state index in [0.29, 0.717) is 12.1 Å². The molecule has 0 amide bonds. The fourth-order valence-corrected chi connectivity index (χ4v) is 2.87. The van der Waals surface area contributed by atoms with Crippen molar-refractivity contribution in [2.75, 3.05) is 4.90 Å². The molecule has 1 aliphatic heterocycles. The van der Waals surface area contributed by atoms with Gasteiger partial charge in [0.25, 0.3) is 5.69 Å². The molecular weight excluding hydrogens is 242 g/mol. The first kappa shape index (κ1) is 13.3. The van der Waals surface area contributed by atoms with Gasteiger partial charge in [-0.05, 0) is 38.3 Å². The molecule has 5 heteroatoms. The first-order valence-electron chi connectivity index (χ1n) is 6.55. The van der Waals surface area contributed by atoms with Crippen molar-refractivity contribution in [1.29, 1.82) is 5.26 Å². The van der Waals surface area contributed by atoms with Crippen LogP contribution in [0, 0.1) is 21.4 Å². The molecule has 2 atom stereocenters. The minimum absolute atomic E-state index is 0.119. The molecule has 0 N–H and O–H groups in total. The maximum absolute atomic E-state index is 10.8. The molecule has 0 radical (unpaired) electrons. The summed E-state index contributed by atoms with van der Waals surface area (Å²) in [4.78, 5) is 12.6. The van der Waals surface area contributed by atoms with Crippen LogP contribution in [0.3, 0.4) is 0 Å². The summed E-state index contributed by atoms with van der Waals surface area (Å²) in [7, 11) is 0. The molecule has 1 saturated heterocycles. The van der Waals surface area contributed by atoms with Crippen LogP contribution in [0.5, 0.6) is 0 Å². The lowest BCUT2D eigenvalue weighted by molar-refractivity contribution is -0.385. The van der Waals surface area contributed by atoms with Crippen molar-refractivity contribution in [3.05, 3.63) is 33.9 Å². The molecule has 0 aromatic heterocycles. The highest BCUT2D eigenvalue weighted by molar-refractivity contribution is 5.61. The Labute approximate surface area is 112 Å². The van der Waals surface area contributed by atoms with E-state index in [4.69, 9.17) is 5.26 Å². The van der Waals surface area contributed by atoms with Crippen molar-refractivity contribution in [2.24, 2.45) is 0 Å². The van der Waals surface area contributed by atoms with Gasteiger partial charge in [-0.25, -0.2) is 0 Å². The monoisotopic (exact) mass is 259 g/mol. The van der Waals surface area contributed by atoms with Crippen molar-refractivity contribution in [3.63, 3.8) is 0 Å². The molecule has 1 fully saturated rings. The van der Waals surface area contributed by atoms with Crippen LogP contribution < -0.4 is 4.90 Å². The summed E-state index contributed by atoms with van der Waals surface area (Å²) in [5.74, 6) is 0. The van der Waals surface area contributed by atoms with E-state index in [2.05, 4.69) is 18.7 Å². The number of nitrogens with zero attached hydrogens (tertiary/aromatic N) is 3. The fraction of sp³-hybridized carbons (Fsp3) is 0.500. The van der Waals surface area contributed by atoms with Gasteiger partial charge in [0.2, 0.25) is 0 Å². The molecule has 2 unspecified atom stereocenters. The van der Waals surface area contributed by atoms with E-state index >= 15 is 0 Å². The van der Waals surface area contributed by atoms with Crippen LogP contribution in [-0.4, -0.2) is 17.0 Å². The van der Waals surface area contributed by atoms with E-state index in [1.165, 1.54) is 6.07 Å². The zero-order valence-electron chi connectivity index (χ0n) is 11.2. The Morgan fingerprint density at radius 1 is 1.53 bits per heavy atom. The maximum Gasteiger partial charge on any atom is 0.287 e. The summed E-state index contributed by atoms with van der Waals surface area (Å²) in [5, 5.41) is 19.9. The highest BCUT2D eigenvalue weighted by Gasteiger charge is 2.30. The van der Waals surface area contributed by atoms with Crippen LogP contribution >= 0.6 is 0 Å². The quantitative estimate of drug-likeness (QED) is 0.617. The number of nitriles is 1. The molecular formula is C14H17N3O2. The van der Waals surface area contributed by atoms with Crippen LogP contribution in [0.15, 0.2) is 18.2 Å². The third kappa shape index (κ3) is 2.39. The average molecular weight is 259 g/mol. The Hall–Kier alpha value is -2.09. The number of hydrogen-bond donors (Lipinski definition) is 0. The van der Waals surface area contributed by atoms with E-state index in [-0.39, 0.29) is 11.3 Å². The minimum Gasteiger partial charge on any atom is -0.366 e. The zero-order valence-corrected chi connectivity index (χ0v) is 11.2. The predicted octanol–water partition coefficient (Wildman–Crippen LogP) is 3.23. The average Bonchev–Trinajstić information content (AvgIpc) is 2.78. The van der Waals surface area contributed by atoms with E-state index in [9.17, 15) is 10.1 Å². The predicted molar refractivity (Wildman–Crippen MR) is 73.1 cm³/mol. The normalized spacial score (nSPS) is 22.3. The summed E-state index contributed by atoms with van der Waals surface area (Å²) in [6.07, 6.45) is 3.30. The first-order chi connectivity index (χ1) is 9.08. The van der Waals surface area contributed by atoms with Crippen molar-refractivity contribution >= 4 is 11.4 Å². The Bertz CT molecular complexity index is 536. The SMILES string of the molecule is CCC1CCC(C)N1c1ccc([N+](=O)[O-])c(C#N)c1. The molecule has 0 saturated carbocycles. The van der Waals surface area contributed by atoms with Gasteiger partial charge in [0.1, 0.15) is 11.6 Å². The lowest BCUT2D eigenvalue weighted by Gasteiger charge is -2.30. The van der Waals surface area contributed by atoms with Gasteiger partial charge in [-0.3, -0.25) is 10.1 Å². The van der Waals surface area contributed by atoms with Crippen molar-refractivity contribution < 1.29 is 4.92 Å². The Kier molecular flexibility index (Phi) is 3.70. The Morgan fingerprint density at radius 3 is 2.84 bits per heavy atom. The van der Waals surface area contributed by atoms with Gasteiger partial charge >= 0.3 is 0 Å². The van der Waals surface area contributed by atoms with Crippen molar-refractivity contribution in [2.45, 2.75) is 45.2 Å². The highest BCUT2D eigenvalue weighted by Crippen LogP contribution is 2.34. The number of nitro groups is 1. The van der Waals surface area contributed by atoms with Crippen LogP contribution in [-0.2, 0) is 0 Å². The number of hydrogen-bond acceptors (Lipinski definition) is 4. The summed E-state index contributed by atoms with van der Waals surface area (Å²) >= 11 is 0. The van der Waals surface area contributed by atoms with Gasteiger partial charge < -0.3 is 4.90 Å². The maximum atomic E-state index is 10.8. The first-order valence-corrected chi connectivity index (χ1v) is 6.55. The molecule has 100 valence electrons. The van der Waals surface area contributed by atoms with Gasteiger partial charge in [-0.2, -0.15) is 5.26 Å². The Morgan fingerprint density at radius 2 is 2.26 bits per heavy atom. The van der Waals surface area contributed by atoms with E-state index in [1.54, 1.807) is 12.1 Å². The van der Waals surface area contributed by atoms with E-state index in [1.807, 2.05) is 6.07 Å². The van der Waals surface area contributed by atoms with Crippen molar-refractivity contribution in [3.8, 4) is 6.07 Å². The number of benzene rings is 1. The van der Waals surface area contributed by atoms with E-state index < -0.39 is 4.92 Å². The molecule has 0 bridgehead atoms. The molecule has 2 rings (SSSR count). The highest BCUT2D eigenvalue weighted by atomic mass is 16.6. The molecule has 1 heterocycles. The van der Waals surface area contributed by atoms with Gasteiger partial charge in [-0.15, -0.1) is 0 Å². The van der Waals surface area contributed by atoms with Crippen LogP contribution in [0.25, 0.3) is 0 Å². The molecule has 19 heavy (non-hydrogen) atoms. The summed E-state index contributed by atoms with van der Waals surface area (Å²) < 4.78 is 0.